The van der Waals surface area contributed by atoms with Crippen molar-refractivity contribution < 1.29 is 17.9 Å². The summed E-state index contributed by atoms with van der Waals surface area (Å²) in [6.45, 7) is 0.768. The van der Waals surface area contributed by atoms with Gasteiger partial charge in [0.25, 0.3) is 15.9 Å². The molecule has 2 rings (SSSR count). The van der Waals surface area contributed by atoms with Crippen LogP contribution in [-0.2, 0) is 14.8 Å². The number of hydrogen-bond donors (Lipinski definition) is 2. The highest BCUT2D eigenvalue weighted by Gasteiger charge is 2.16. The maximum atomic E-state index is 12.3. The van der Waals surface area contributed by atoms with Crippen LogP contribution in [-0.4, -0.2) is 34.6 Å². The number of anilines is 1. The number of halogens is 1. The number of nitrogens with one attached hydrogen (secondary N) is 2. The number of carbonyl (C=O) groups is 1. The lowest BCUT2D eigenvalue weighted by atomic mass is 10.2. The van der Waals surface area contributed by atoms with Gasteiger partial charge in [0.15, 0.2) is 0 Å². The molecule has 6 nitrogen and oxygen atoms in total. The first-order chi connectivity index (χ1) is 11.4. The molecule has 0 spiro atoms. The molecule has 0 fully saturated rings. The summed E-state index contributed by atoms with van der Waals surface area (Å²) in [5, 5.41) is 2.79. The minimum absolute atomic E-state index is 0.127. The monoisotopic (exact) mass is 368 g/mol. The molecule has 24 heavy (non-hydrogen) atoms. The van der Waals surface area contributed by atoms with Crippen LogP contribution < -0.4 is 10.0 Å². The van der Waals surface area contributed by atoms with Gasteiger partial charge in [-0.3, -0.25) is 9.52 Å². The van der Waals surface area contributed by atoms with E-state index in [2.05, 4.69) is 10.0 Å². The average Bonchev–Trinajstić information content (AvgIpc) is 2.57. The van der Waals surface area contributed by atoms with Crippen molar-refractivity contribution >= 4 is 33.2 Å². The van der Waals surface area contributed by atoms with E-state index in [4.69, 9.17) is 16.3 Å². The van der Waals surface area contributed by atoms with Gasteiger partial charge in [-0.2, -0.15) is 0 Å². The molecule has 0 aromatic heterocycles. The Kier molecular flexibility index (Phi) is 6.19. The molecule has 0 radical (unpaired) electrons. The second kappa shape index (κ2) is 8.14. The maximum Gasteiger partial charge on any atom is 0.261 e. The summed E-state index contributed by atoms with van der Waals surface area (Å²) < 4.78 is 31.8. The molecule has 1 amide bonds. The van der Waals surface area contributed by atoms with Crippen LogP contribution in [0.1, 0.15) is 10.4 Å². The highest BCUT2D eigenvalue weighted by atomic mass is 35.5. The van der Waals surface area contributed by atoms with Gasteiger partial charge in [-0.05, 0) is 30.3 Å². The second-order valence-corrected chi connectivity index (χ2v) is 6.95. The van der Waals surface area contributed by atoms with E-state index in [9.17, 15) is 13.2 Å². The average molecular weight is 369 g/mol. The summed E-state index contributed by atoms with van der Waals surface area (Å²) in [5.41, 5.74) is 0.535. The van der Waals surface area contributed by atoms with E-state index in [0.717, 1.165) is 0 Å². The molecule has 0 saturated heterocycles. The Hall–Kier alpha value is -2.09. The lowest BCUT2D eigenvalue weighted by Gasteiger charge is -2.11. The fourth-order valence-electron chi connectivity index (χ4n) is 1.91. The number of methoxy groups -OCH3 is 1. The van der Waals surface area contributed by atoms with Crippen LogP contribution in [0.5, 0.6) is 0 Å². The molecule has 128 valence electrons. The molecule has 0 saturated carbocycles. The Morgan fingerprint density at radius 1 is 1.17 bits per heavy atom. The van der Waals surface area contributed by atoms with Gasteiger partial charge in [-0.1, -0.05) is 29.8 Å². The van der Waals surface area contributed by atoms with Crippen LogP contribution in [0, 0.1) is 0 Å². The molecule has 2 aromatic carbocycles. The van der Waals surface area contributed by atoms with Crippen LogP contribution in [0.4, 0.5) is 5.69 Å². The van der Waals surface area contributed by atoms with Gasteiger partial charge < -0.3 is 10.1 Å². The van der Waals surface area contributed by atoms with E-state index in [1.165, 1.54) is 37.4 Å². The van der Waals surface area contributed by atoms with Gasteiger partial charge in [0.05, 0.1) is 22.2 Å². The molecule has 0 aliphatic carbocycles. The topological polar surface area (TPSA) is 84.5 Å². The van der Waals surface area contributed by atoms with Crippen LogP contribution in [0.3, 0.4) is 0 Å². The normalized spacial score (nSPS) is 11.1. The largest absolute Gasteiger partial charge is 0.383 e. The Labute approximate surface area is 145 Å². The second-order valence-electron chi connectivity index (χ2n) is 4.86. The minimum Gasteiger partial charge on any atom is -0.383 e. The van der Waals surface area contributed by atoms with Crippen molar-refractivity contribution in [1.29, 1.82) is 0 Å². The third-order valence-electron chi connectivity index (χ3n) is 3.12. The first-order valence-corrected chi connectivity index (χ1v) is 8.95. The van der Waals surface area contributed by atoms with E-state index in [1.807, 2.05) is 0 Å². The third-order valence-corrected chi connectivity index (χ3v) is 4.81. The van der Waals surface area contributed by atoms with E-state index >= 15 is 0 Å². The summed E-state index contributed by atoms with van der Waals surface area (Å²) in [6, 6.07) is 12.3. The summed E-state index contributed by atoms with van der Waals surface area (Å²) in [7, 11) is -2.20. The van der Waals surface area contributed by atoms with E-state index in [-0.39, 0.29) is 21.5 Å². The number of carbonyl (C=O) groups excluding carboxylic acids is 1. The molecule has 0 aliphatic rings. The molecular weight excluding hydrogens is 352 g/mol. The zero-order chi connectivity index (χ0) is 17.6. The van der Waals surface area contributed by atoms with Crippen LogP contribution in [0.2, 0.25) is 5.02 Å². The number of benzene rings is 2. The number of ether oxygens (including phenoxy) is 1. The summed E-state index contributed by atoms with van der Waals surface area (Å²) in [5.74, 6) is -0.314. The smallest absolute Gasteiger partial charge is 0.261 e. The first-order valence-electron chi connectivity index (χ1n) is 7.08. The molecule has 0 atom stereocenters. The Morgan fingerprint density at radius 3 is 2.50 bits per heavy atom. The van der Waals surface area contributed by atoms with Crippen LogP contribution in [0.15, 0.2) is 53.4 Å². The highest BCUT2D eigenvalue weighted by Crippen LogP contribution is 2.25. The van der Waals surface area contributed by atoms with Crippen molar-refractivity contribution in [3.05, 3.63) is 59.1 Å². The molecule has 0 heterocycles. The summed E-state index contributed by atoms with van der Waals surface area (Å²) in [6.07, 6.45) is 0. The summed E-state index contributed by atoms with van der Waals surface area (Å²) >= 11 is 6.10. The van der Waals surface area contributed by atoms with Gasteiger partial charge in [0.2, 0.25) is 0 Å². The number of sulfonamides is 1. The van der Waals surface area contributed by atoms with E-state index in [1.54, 1.807) is 18.2 Å². The fourth-order valence-corrected chi connectivity index (χ4v) is 3.30. The van der Waals surface area contributed by atoms with Crippen molar-refractivity contribution in [3.8, 4) is 0 Å². The van der Waals surface area contributed by atoms with E-state index in [0.29, 0.717) is 18.7 Å². The Bertz CT molecular complexity index is 810. The SMILES string of the molecule is COCCNC(=O)c1ccc(NS(=O)(=O)c2ccccc2)c(Cl)c1. The maximum absolute atomic E-state index is 12.3. The minimum atomic E-state index is -3.74. The first kappa shape index (κ1) is 18.3. The van der Waals surface area contributed by atoms with Crippen LogP contribution >= 0.6 is 11.6 Å². The third kappa shape index (κ3) is 4.70. The number of rotatable bonds is 7. The molecule has 8 heteroatoms. The zero-order valence-corrected chi connectivity index (χ0v) is 14.5. The molecule has 0 aliphatic heterocycles. The van der Waals surface area contributed by atoms with Crippen molar-refractivity contribution in [1.82, 2.24) is 5.32 Å². The van der Waals surface area contributed by atoms with Gasteiger partial charge in [-0.15, -0.1) is 0 Å². The van der Waals surface area contributed by atoms with Gasteiger partial charge in [-0.25, -0.2) is 8.42 Å². The Balaban J connectivity index is 2.14. The summed E-state index contributed by atoms with van der Waals surface area (Å²) in [4.78, 5) is 12.1. The van der Waals surface area contributed by atoms with Crippen molar-refractivity contribution in [2.75, 3.05) is 25.0 Å². The number of amides is 1. The van der Waals surface area contributed by atoms with Gasteiger partial charge >= 0.3 is 0 Å². The van der Waals surface area contributed by atoms with Crippen LogP contribution in [0.25, 0.3) is 0 Å². The molecule has 2 N–H and O–H groups in total. The van der Waals surface area contributed by atoms with Crippen molar-refractivity contribution in [3.63, 3.8) is 0 Å². The van der Waals surface area contributed by atoms with Crippen molar-refractivity contribution in [2.24, 2.45) is 0 Å². The quantitative estimate of drug-likeness (QED) is 0.735. The van der Waals surface area contributed by atoms with Crippen molar-refractivity contribution in [2.45, 2.75) is 4.90 Å². The fraction of sp³-hybridized carbons (Fsp3) is 0.188. The highest BCUT2D eigenvalue weighted by molar-refractivity contribution is 7.92. The predicted octanol–water partition coefficient (Wildman–Crippen LogP) is 2.52. The predicted molar refractivity (Wildman–Crippen MR) is 92.9 cm³/mol. The zero-order valence-electron chi connectivity index (χ0n) is 13.0. The van der Waals surface area contributed by atoms with E-state index < -0.39 is 10.0 Å². The molecular formula is C16H17ClN2O4S. The Morgan fingerprint density at radius 2 is 1.88 bits per heavy atom. The lowest BCUT2D eigenvalue weighted by molar-refractivity contribution is 0.0937. The van der Waals surface area contributed by atoms with Gasteiger partial charge in [0, 0.05) is 19.2 Å². The lowest BCUT2D eigenvalue weighted by Crippen LogP contribution is -2.26. The molecule has 0 unspecified atom stereocenters. The standard InChI is InChI=1S/C16H17ClN2O4S/c1-23-10-9-18-16(20)12-7-8-15(14(17)11-12)19-24(21,22)13-5-3-2-4-6-13/h2-8,11,19H,9-10H2,1H3,(H,18,20). The molecule has 2 aromatic rings. The number of hydrogen-bond acceptors (Lipinski definition) is 4. The van der Waals surface area contributed by atoms with Gasteiger partial charge in [0.1, 0.15) is 0 Å². The molecule has 0 bridgehead atoms.